The van der Waals surface area contributed by atoms with Crippen molar-refractivity contribution in [3.05, 3.63) is 40.9 Å². The van der Waals surface area contributed by atoms with Crippen LogP contribution in [0.25, 0.3) is 11.6 Å². The first-order valence-corrected chi connectivity index (χ1v) is 8.43. The number of rotatable bonds is 4. The third-order valence-electron chi connectivity index (χ3n) is 3.69. The second kappa shape index (κ2) is 7.61. The van der Waals surface area contributed by atoms with Crippen LogP contribution in [0, 0.1) is 0 Å². The second-order valence-electron chi connectivity index (χ2n) is 5.52. The van der Waals surface area contributed by atoms with Gasteiger partial charge in [0.15, 0.2) is 11.5 Å². The summed E-state index contributed by atoms with van der Waals surface area (Å²) in [6.07, 6.45) is 5.88. The molecule has 0 atom stereocenters. The van der Waals surface area contributed by atoms with Crippen LogP contribution in [-0.4, -0.2) is 35.3 Å². The zero-order chi connectivity index (χ0) is 17.8. The molecule has 0 aliphatic carbocycles. The molecule has 6 nitrogen and oxygen atoms in total. The number of aryl methyl sites for hydroxylation is 1. The molecule has 0 unspecified atom stereocenters. The molecule has 0 saturated heterocycles. The van der Waals surface area contributed by atoms with Crippen molar-refractivity contribution in [2.24, 2.45) is 7.05 Å². The normalized spacial score (nSPS) is 14.1. The monoisotopic (exact) mass is 362 g/mol. The summed E-state index contributed by atoms with van der Waals surface area (Å²) in [5.74, 6) is 1.17. The van der Waals surface area contributed by atoms with Crippen molar-refractivity contribution in [3.63, 3.8) is 0 Å². The minimum absolute atomic E-state index is 0.280. The third kappa shape index (κ3) is 3.79. The van der Waals surface area contributed by atoms with Crippen molar-refractivity contribution in [1.82, 2.24) is 9.55 Å². The number of aromatic nitrogens is 2. The number of hydrogen-bond donors (Lipinski definition) is 0. The number of carbonyl (C=O) groups is 1. The maximum absolute atomic E-state index is 12.4. The standard InChI is InChI=1S/C18H19ClN2O4/c1-3-23-18(22)13(17-20-5-6-21(17)2)9-12-10-14(19)16-15(11-12)24-7-4-8-25-16/h5-6,9-11H,3-4,7-8H2,1-2H3/b13-9+. The quantitative estimate of drug-likeness (QED) is 0.616. The van der Waals surface area contributed by atoms with Crippen molar-refractivity contribution < 1.29 is 19.0 Å². The average molecular weight is 363 g/mol. The molecule has 2 aromatic rings. The fraction of sp³-hybridized carbons (Fsp3) is 0.333. The molecule has 0 bridgehead atoms. The van der Waals surface area contributed by atoms with Gasteiger partial charge in [0.2, 0.25) is 0 Å². The van der Waals surface area contributed by atoms with Gasteiger partial charge in [-0.1, -0.05) is 11.6 Å². The predicted octanol–water partition coefficient (Wildman–Crippen LogP) is 3.34. The second-order valence-corrected chi connectivity index (χ2v) is 5.93. The third-order valence-corrected chi connectivity index (χ3v) is 3.97. The van der Waals surface area contributed by atoms with Crippen LogP contribution < -0.4 is 9.47 Å². The molecule has 3 rings (SSSR count). The Morgan fingerprint density at radius 3 is 2.92 bits per heavy atom. The van der Waals surface area contributed by atoms with Gasteiger partial charge >= 0.3 is 5.97 Å². The molecule has 1 aromatic heterocycles. The van der Waals surface area contributed by atoms with E-state index < -0.39 is 5.97 Å². The van der Waals surface area contributed by atoms with E-state index in [9.17, 15) is 4.79 Å². The lowest BCUT2D eigenvalue weighted by Crippen LogP contribution is -2.10. The van der Waals surface area contributed by atoms with Gasteiger partial charge < -0.3 is 18.8 Å². The first kappa shape index (κ1) is 17.4. The van der Waals surface area contributed by atoms with E-state index in [1.54, 1.807) is 42.1 Å². The highest BCUT2D eigenvalue weighted by Gasteiger charge is 2.20. The molecule has 1 aliphatic rings. The van der Waals surface area contributed by atoms with Crippen LogP contribution in [0.3, 0.4) is 0 Å². The Balaban J connectivity index is 2.06. The molecular formula is C18H19ClN2O4. The highest BCUT2D eigenvalue weighted by atomic mass is 35.5. The van der Waals surface area contributed by atoms with Crippen molar-refractivity contribution in [1.29, 1.82) is 0 Å². The molecule has 0 fully saturated rings. The maximum atomic E-state index is 12.4. The van der Waals surface area contributed by atoms with Crippen molar-refractivity contribution >= 4 is 29.2 Å². The number of benzene rings is 1. The average Bonchev–Trinajstić information content (AvgIpc) is 2.85. The summed E-state index contributed by atoms with van der Waals surface area (Å²) >= 11 is 6.33. The number of halogens is 1. The Labute approximate surface area is 151 Å². The molecule has 0 spiro atoms. The van der Waals surface area contributed by atoms with Gasteiger partial charge in [0, 0.05) is 25.9 Å². The summed E-state index contributed by atoms with van der Waals surface area (Å²) in [4.78, 5) is 16.6. The summed E-state index contributed by atoms with van der Waals surface area (Å²) in [6, 6.07) is 3.53. The highest BCUT2D eigenvalue weighted by molar-refractivity contribution is 6.32. The van der Waals surface area contributed by atoms with Gasteiger partial charge in [-0.05, 0) is 30.7 Å². The van der Waals surface area contributed by atoms with E-state index in [0.29, 0.717) is 46.7 Å². The molecular weight excluding hydrogens is 344 g/mol. The molecule has 1 aromatic carbocycles. The lowest BCUT2D eigenvalue weighted by Gasteiger charge is -2.11. The van der Waals surface area contributed by atoms with Gasteiger partial charge in [-0.2, -0.15) is 0 Å². The Kier molecular flexibility index (Phi) is 5.28. The minimum Gasteiger partial charge on any atom is -0.489 e. The molecule has 7 heteroatoms. The van der Waals surface area contributed by atoms with E-state index in [1.807, 2.05) is 7.05 Å². The molecule has 0 N–H and O–H groups in total. The van der Waals surface area contributed by atoms with Crippen LogP contribution in [0.1, 0.15) is 24.7 Å². The van der Waals surface area contributed by atoms with E-state index >= 15 is 0 Å². The molecule has 2 heterocycles. The van der Waals surface area contributed by atoms with Crippen LogP contribution in [-0.2, 0) is 16.6 Å². The molecule has 132 valence electrons. The summed E-state index contributed by atoms with van der Waals surface area (Å²) in [6.45, 7) is 3.16. The lowest BCUT2D eigenvalue weighted by molar-refractivity contribution is -0.136. The zero-order valence-corrected chi connectivity index (χ0v) is 14.9. The number of hydrogen-bond acceptors (Lipinski definition) is 5. The van der Waals surface area contributed by atoms with E-state index in [0.717, 1.165) is 6.42 Å². The number of nitrogens with zero attached hydrogens (tertiary/aromatic N) is 2. The SMILES string of the molecule is CCOC(=O)/C(=C/c1cc(Cl)c2c(c1)OCCCO2)c1nccn1C. The molecule has 25 heavy (non-hydrogen) atoms. The number of carbonyl (C=O) groups excluding carboxylic acids is 1. The molecule has 0 saturated carbocycles. The summed E-state index contributed by atoms with van der Waals surface area (Å²) in [5.41, 5.74) is 1.06. The Hall–Kier alpha value is -2.47. The zero-order valence-electron chi connectivity index (χ0n) is 14.1. The summed E-state index contributed by atoms with van der Waals surface area (Å²) in [7, 11) is 1.82. The summed E-state index contributed by atoms with van der Waals surface area (Å²) < 4.78 is 18.3. The summed E-state index contributed by atoms with van der Waals surface area (Å²) in [5, 5.41) is 0.439. The minimum atomic E-state index is -0.444. The van der Waals surface area contributed by atoms with Crippen LogP contribution in [0.2, 0.25) is 5.02 Å². The Morgan fingerprint density at radius 2 is 2.20 bits per heavy atom. The highest BCUT2D eigenvalue weighted by Crippen LogP contribution is 2.38. The first-order chi connectivity index (χ1) is 12.1. The van der Waals surface area contributed by atoms with E-state index in [2.05, 4.69) is 4.98 Å². The number of esters is 1. The maximum Gasteiger partial charge on any atom is 0.341 e. The largest absolute Gasteiger partial charge is 0.489 e. The first-order valence-electron chi connectivity index (χ1n) is 8.05. The van der Waals surface area contributed by atoms with Crippen molar-refractivity contribution in [2.75, 3.05) is 19.8 Å². The molecule has 0 amide bonds. The Bertz CT molecular complexity index is 813. The fourth-order valence-electron chi connectivity index (χ4n) is 2.55. The topological polar surface area (TPSA) is 62.6 Å². The van der Waals surface area contributed by atoms with Crippen molar-refractivity contribution in [3.8, 4) is 11.5 Å². The fourth-order valence-corrected chi connectivity index (χ4v) is 2.82. The van der Waals surface area contributed by atoms with Crippen LogP contribution in [0.5, 0.6) is 11.5 Å². The molecule has 0 radical (unpaired) electrons. The smallest absolute Gasteiger partial charge is 0.341 e. The van der Waals surface area contributed by atoms with E-state index in [4.69, 9.17) is 25.8 Å². The van der Waals surface area contributed by atoms with Gasteiger partial charge in [0.25, 0.3) is 0 Å². The van der Waals surface area contributed by atoms with Crippen LogP contribution in [0.4, 0.5) is 0 Å². The number of imidazole rings is 1. The lowest BCUT2D eigenvalue weighted by atomic mass is 10.1. The van der Waals surface area contributed by atoms with Gasteiger partial charge in [-0.25, -0.2) is 9.78 Å². The Morgan fingerprint density at radius 1 is 1.40 bits per heavy atom. The van der Waals surface area contributed by atoms with Gasteiger partial charge in [-0.3, -0.25) is 0 Å². The van der Waals surface area contributed by atoms with E-state index in [-0.39, 0.29) is 6.61 Å². The van der Waals surface area contributed by atoms with Crippen LogP contribution >= 0.6 is 11.6 Å². The predicted molar refractivity (Wildman–Crippen MR) is 94.8 cm³/mol. The molecule has 1 aliphatic heterocycles. The van der Waals surface area contributed by atoms with E-state index in [1.165, 1.54) is 0 Å². The van der Waals surface area contributed by atoms with Gasteiger partial charge in [-0.15, -0.1) is 0 Å². The number of fused-ring (bicyclic) bond motifs is 1. The van der Waals surface area contributed by atoms with Crippen molar-refractivity contribution in [2.45, 2.75) is 13.3 Å². The number of ether oxygens (including phenoxy) is 3. The van der Waals surface area contributed by atoms with Crippen LogP contribution in [0.15, 0.2) is 24.5 Å². The van der Waals surface area contributed by atoms with Gasteiger partial charge in [0.1, 0.15) is 11.4 Å². The van der Waals surface area contributed by atoms with Gasteiger partial charge in [0.05, 0.1) is 24.8 Å².